The number of ether oxygens (including phenoxy) is 1. The zero-order valence-corrected chi connectivity index (χ0v) is 15.0. The molecule has 25 heavy (non-hydrogen) atoms. The van der Waals surface area contributed by atoms with E-state index in [4.69, 9.17) is 4.74 Å². The van der Waals surface area contributed by atoms with Crippen LogP contribution in [0.2, 0.25) is 0 Å². The van der Waals surface area contributed by atoms with Crippen molar-refractivity contribution in [2.75, 3.05) is 12.9 Å². The first-order valence-electron chi connectivity index (χ1n) is 8.01. The molecule has 2 aromatic carbocycles. The van der Waals surface area contributed by atoms with Gasteiger partial charge in [-0.25, -0.2) is 0 Å². The molecule has 0 aliphatic heterocycles. The van der Waals surface area contributed by atoms with E-state index in [1.165, 1.54) is 17.3 Å². The zero-order valence-electron chi connectivity index (χ0n) is 14.2. The van der Waals surface area contributed by atoms with Gasteiger partial charge in [-0.2, -0.15) is 0 Å². The molecule has 5 nitrogen and oxygen atoms in total. The summed E-state index contributed by atoms with van der Waals surface area (Å²) < 4.78 is 7.22. The summed E-state index contributed by atoms with van der Waals surface area (Å²) in [6.07, 6.45) is 2.59. The molecule has 0 N–H and O–H groups in total. The maximum atomic E-state index is 12.4. The van der Waals surface area contributed by atoms with Gasteiger partial charge >= 0.3 is 0 Å². The maximum absolute atomic E-state index is 12.4. The summed E-state index contributed by atoms with van der Waals surface area (Å²) in [7, 11) is 1.62. The van der Waals surface area contributed by atoms with Crippen LogP contribution in [0.5, 0.6) is 5.75 Å². The first-order valence-corrected chi connectivity index (χ1v) is 9.00. The molecule has 0 bridgehead atoms. The van der Waals surface area contributed by atoms with E-state index in [2.05, 4.69) is 17.1 Å². The van der Waals surface area contributed by atoms with Crippen molar-refractivity contribution in [2.45, 2.75) is 18.5 Å². The van der Waals surface area contributed by atoms with E-state index in [1.807, 2.05) is 53.1 Å². The van der Waals surface area contributed by atoms with Crippen LogP contribution < -0.4 is 4.74 Å². The molecule has 0 spiro atoms. The molecule has 1 heterocycles. The van der Waals surface area contributed by atoms with Gasteiger partial charge in [-0.05, 0) is 24.1 Å². The predicted octanol–water partition coefficient (Wildman–Crippen LogP) is 3.81. The van der Waals surface area contributed by atoms with Crippen LogP contribution in [0.15, 0.2) is 60.0 Å². The van der Waals surface area contributed by atoms with Crippen LogP contribution in [0.25, 0.3) is 5.69 Å². The number of nitrogens with zero attached hydrogens (tertiary/aromatic N) is 3. The second-order valence-corrected chi connectivity index (χ2v) is 6.36. The van der Waals surface area contributed by atoms with Crippen molar-refractivity contribution in [1.82, 2.24) is 14.8 Å². The third kappa shape index (κ3) is 3.91. The van der Waals surface area contributed by atoms with Crippen LogP contribution in [0.1, 0.15) is 22.8 Å². The fraction of sp³-hybridized carbons (Fsp3) is 0.211. The Morgan fingerprint density at radius 2 is 1.92 bits per heavy atom. The molecule has 0 aliphatic carbocycles. The summed E-state index contributed by atoms with van der Waals surface area (Å²) in [5.41, 5.74) is 2.78. The Balaban J connectivity index is 1.74. The fourth-order valence-electron chi connectivity index (χ4n) is 2.46. The summed E-state index contributed by atoms with van der Waals surface area (Å²) >= 11 is 1.36. The highest BCUT2D eigenvalue weighted by Gasteiger charge is 2.14. The van der Waals surface area contributed by atoms with Crippen LogP contribution in [-0.4, -0.2) is 33.4 Å². The lowest BCUT2D eigenvalue weighted by molar-refractivity contribution is 0.102. The normalized spacial score (nSPS) is 10.6. The Hall–Kier alpha value is -2.60. The molecule has 0 aliphatic rings. The number of methoxy groups -OCH3 is 1. The monoisotopic (exact) mass is 353 g/mol. The third-order valence-electron chi connectivity index (χ3n) is 3.88. The van der Waals surface area contributed by atoms with Gasteiger partial charge in [0, 0.05) is 5.56 Å². The van der Waals surface area contributed by atoms with Gasteiger partial charge in [0.1, 0.15) is 12.1 Å². The summed E-state index contributed by atoms with van der Waals surface area (Å²) in [6.45, 7) is 2.09. The minimum Gasteiger partial charge on any atom is -0.495 e. The maximum Gasteiger partial charge on any atom is 0.196 e. The van der Waals surface area contributed by atoms with Crippen molar-refractivity contribution in [2.24, 2.45) is 0 Å². The van der Waals surface area contributed by atoms with Gasteiger partial charge in [0.25, 0.3) is 0 Å². The van der Waals surface area contributed by atoms with E-state index in [1.54, 1.807) is 13.4 Å². The average molecular weight is 353 g/mol. The Bertz CT molecular complexity index is 859. The Morgan fingerprint density at radius 1 is 1.16 bits per heavy atom. The van der Waals surface area contributed by atoms with Gasteiger partial charge in [0.15, 0.2) is 10.9 Å². The molecular formula is C19H19N3O2S. The van der Waals surface area contributed by atoms with Crippen LogP contribution >= 0.6 is 11.8 Å². The number of carbonyl (C=O) groups is 1. The van der Waals surface area contributed by atoms with Gasteiger partial charge in [0.05, 0.1) is 18.6 Å². The Kier molecular flexibility index (Phi) is 5.50. The van der Waals surface area contributed by atoms with E-state index in [0.717, 1.165) is 17.9 Å². The predicted molar refractivity (Wildman–Crippen MR) is 98.8 cm³/mol. The quantitative estimate of drug-likeness (QED) is 0.477. The molecule has 128 valence electrons. The van der Waals surface area contributed by atoms with E-state index in [9.17, 15) is 4.79 Å². The van der Waals surface area contributed by atoms with E-state index < -0.39 is 0 Å². The molecule has 0 radical (unpaired) electrons. The molecule has 0 saturated heterocycles. The third-order valence-corrected chi connectivity index (χ3v) is 4.82. The summed E-state index contributed by atoms with van der Waals surface area (Å²) in [4.78, 5) is 12.4. The molecule has 0 saturated carbocycles. The number of hydrogen-bond acceptors (Lipinski definition) is 5. The van der Waals surface area contributed by atoms with Gasteiger partial charge in [-0.15, -0.1) is 10.2 Å². The van der Waals surface area contributed by atoms with Crippen LogP contribution in [0, 0.1) is 0 Å². The number of rotatable bonds is 7. The van der Waals surface area contributed by atoms with Crippen molar-refractivity contribution in [3.8, 4) is 11.4 Å². The van der Waals surface area contributed by atoms with Gasteiger partial charge in [-0.1, -0.05) is 55.1 Å². The number of para-hydroxylation sites is 2. The highest BCUT2D eigenvalue weighted by molar-refractivity contribution is 7.99. The van der Waals surface area contributed by atoms with E-state index >= 15 is 0 Å². The second-order valence-electron chi connectivity index (χ2n) is 5.42. The smallest absolute Gasteiger partial charge is 0.196 e. The topological polar surface area (TPSA) is 57.0 Å². The molecule has 0 atom stereocenters. The molecule has 0 fully saturated rings. The molecule has 0 amide bonds. The molecule has 3 rings (SSSR count). The standard InChI is InChI=1S/C19H19N3O2S/c1-3-14-8-10-15(11-9-14)17(23)12-25-19-21-20-13-22(19)16-6-4-5-7-18(16)24-2/h4-11,13H,3,12H2,1-2H3. The van der Waals surface area contributed by atoms with Gasteiger partial charge in [0.2, 0.25) is 0 Å². The number of thioether (sulfide) groups is 1. The number of hydrogen-bond donors (Lipinski definition) is 0. The molecule has 1 aromatic heterocycles. The van der Waals surface area contributed by atoms with Gasteiger partial charge in [-0.3, -0.25) is 9.36 Å². The zero-order chi connectivity index (χ0) is 17.6. The van der Waals surface area contributed by atoms with Crippen molar-refractivity contribution < 1.29 is 9.53 Å². The molecule has 3 aromatic rings. The second kappa shape index (κ2) is 7.98. The number of aromatic nitrogens is 3. The average Bonchev–Trinajstić information content (AvgIpc) is 3.14. The SMILES string of the molecule is CCc1ccc(C(=O)CSc2nncn2-c2ccccc2OC)cc1. The number of aryl methyl sites for hydroxylation is 1. The van der Waals surface area contributed by atoms with E-state index in [0.29, 0.717) is 16.5 Å². The number of benzene rings is 2. The molecule has 6 heteroatoms. The van der Waals surface area contributed by atoms with Crippen LogP contribution in [0.3, 0.4) is 0 Å². The highest BCUT2D eigenvalue weighted by Crippen LogP contribution is 2.26. The van der Waals surface area contributed by atoms with Crippen molar-refractivity contribution in [3.63, 3.8) is 0 Å². The largest absolute Gasteiger partial charge is 0.495 e. The number of carbonyl (C=O) groups excluding carboxylic acids is 1. The number of ketones is 1. The van der Waals surface area contributed by atoms with E-state index in [-0.39, 0.29) is 5.78 Å². The summed E-state index contributed by atoms with van der Waals surface area (Å²) in [5.74, 6) is 1.10. The summed E-state index contributed by atoms with van der Waals surface area (Å²) in [6, 6.07) is 15.4. The van der Waals surface area contributed by atoms with Gasteiger partial charge < -0.3 is 4.74 Å². The first-order chi connectivity index (χ1) is 12.2. The van der Waals surface area contributed by atoms with Crippen molar-refractivity contribution >= 4 is 17.5 Å². The van der Waals surface area contributed by atoms with Crippen LogP contribution in [0.4, 0.5) is 0 Å². The highest BCUT2D eigenvalue weighted by atomic mass is 32.2. The van der Waals surface area contributed by atoms with Crippen molar-refractivity contribution in [1.29, 1.82) is 0 Å². The van der Waals surface area contributed by atoms with Crippen LogP contribution in [-0.2, 0) is 6.42 Å². The molecule has 0 unspecified atom stereocenters. The van der Waals surface area contributed by atoms with Crippen molar-refractivity contribution in [3.05, 3.63) is 66.0 Å². The minimum atomic E-state index is 0.0715. The molecular weight excluding hydrogens is 334 g/mol. The first kappa shape index (κ1) is 17.2. The fourth-order valence-corrected chi connectivity index (χ4v) is 3.27. The lowest BCUT2D eigenvalue weighted by atomic mass is 10.1. The summed E-state index contributed by atoms with van der Waals surface area (Å²) in [5, 5.41) is 8.76. The lowest BCUT2D eigenvalue weighted by Gasteiger charge is -2.10. The minimum absolute atomic E-state index is 0.0715. The Morgan fingerprint density at radius 3 is 2.64 bits per heavy atom. The number of Topliss-reactive ketones (excluding diaryl/α,β-unsaturated/α-hetero) is 1. The Labute approximate surface area is 151 Å². The lowest BCUT2D eigenvalue weighted by Crippen LogP contribution is -2.05.